The van der Waals surface area contributed by atoms with Crippen LogP contribution in [0.4, 0.5) is 17.1 Å². The van der Waals surface area contributed by atoms with Crippen LogP contribution >= 0.6 is 0 Å². The van der Waals surface area contributed by atoms with Crippen LogP contribution in [0, 0.1) is 13.8 Å². The molecule has 7 heteroatoms. The van der Waals surface area contributed by atoms with Gasteiger partial charge in [-0.05, 0) is 128 Å². The van der Waals surface area contributed by atoms with Crippen LogP contribution in [-0.4, -0.2) is 17.9 Å². The topological polar surface area (TPSA) is 82.1 Å². The van der Waals surface area contributed by atoms with Crippen LogP contribution in [-0.2, 0) is 11.2 Å². The fourth-order valence-electron chi connectivity index (χ4n) is 5.32. The first kappa shape index (κ1) is 34.1. The maximum atomic E-state index is 13.1. The molecule has 0 amide bonds. The van der Waals surface area contributed by atoms with E-state index in [1.165, 1.54) is 0 Å². The van der Waals surface area contributed by atoms with Gasteiger partial charge < -0.3 is 19.1 Å². The summed E-state index contributed by atoms with van der Waals surface area (Å²) in [7, 11) is 0. The van der Waals surface area contributed by atoms with Crippen LogP contribution < -0.4 is 19.1 Å². The smallest absolute Gasteiger partial charge is 0.343 e. The number of hydrogen-bond acceptors (Lipinski definition) is 7. The third-order valence-corrected chi connectivity index (χ3v) is 8.10. The molecule has 7 nitrogen and oxygen atoms in total. The van der Waals surface area contributed by atoms with E-state index in [-0.39, 0.29) is 0 Å². The molecule has 0 heterocycles. The molecule has 0 radical (unpaired) electrons. The second kappa shape index (κ2) is 15.7. The Morgan fingerprint density at radius 2 is 0.824 bits per heavy atom. The van der Waals surface area contributed by atoms with Crippen molar-refractivity contribution in [2.75, 3.05) is 4.90 Å². The van der Waals surface area contributed by atoms with Crippen molar-refractivity contribution < 1.29 is 28.6 Å². The number of esters is 3. The molecule has 0 aliphatic carbocycles. The Hall–Kier alpha value is -6.73. The molecule has 0 fully saturated rings. The van der Waals surface area contributed by atoms with Crippen molar-refractivity contribution in [1.29, 1.82) is 0 Å². The lowest BCUT2D eigenvalue weighted by Gasteiger charge is -2.26. The summed E-state index contributed by atoms with van der Waals surface area (Å²) in [6.07, 6.45) is 1.78. The van der Waals surface area contributed by atoms with Gasteiger partial charge in [-0.3, -0.25) is 0 Å². The van der Waals surface area contributed by atoms with Gasteiger partial charge in [-0.1, -0.05) is 66.2 Å². The molecule has 0 N–H and O–H groups in total. The molecule has 0 saturated carbocycles. The van der Waals surface area contributed by atoms with E-state index in [2.05, 4.69) is 6.58 Å². The van der Waals surface area contributed by atoms with Gasteiger partial charge in [-0.15, -0.1) is 0 Å². The zero-order valence-electron chi connectivity index (χ0n) is 28.2. The SMILES string of the molecule is C=CC(=O)Oc1ccc(Cc2ccc(OC(=O)c3ccc(N(c4ccc(C)cc4)c4ccc(C(=O)Oc5ccc(C)cc5)cc4)cc3)cc2)cc1. The summed E-state index contributed by atoms with van der Waals surface area (Å²) in [6.45, 7) is 7.41. The monoisotopic (exact) mass is 673 g/mol. The highest BCUT2D eigenvalue weighted by Gasteiger charge is 2.16. The summed E-state index contributed by atoms with van der Waals surface area (Å²) >= 11 is 0. The number of ether oxygens (including phenoxy) is 3. The minimum Gasteiger partial charge on any atom is -0.423 e. The van der Waals surface area contributed by atoms with Crippen molar-refractivity contribution in [1.82, 2.24) is 0 Å². The molecule has 51 heavy (non-hydrogen) atoms. The molecule has 0 aromatic heterocycles. The van der Waals surface area contributed by atoms with Crippen molar-refractivity contribution in [2.24, 2.45) is 0 Å². The average molecular weight is 674 g/mol. The Morgan fingerprint density at radius 1 is 0.490 bits per heavy atom. The molecule has 0 spiro atoms. The molecular weight excluding hydrogens is 638 g/mol. The highest BCUT2D eigenvalue weighted by atomic mass is 16.5. The lowest BCUT2D eigenvalue weighted by atomic mass is 10.0. The van der Waals surface area contributed by atoms with Crippen LogP contribution in [0.1, 0.15) is 43.0 Å². The first-order valence-electron chi connectivity index (χ1n) is 16.3. The molecule has 6 aromatic rings. The lowest BCUT2D eigenvalue weighted by molar-refractivity contribution is -0.128. The lowest BCUT2D eigenvalue weighted by Crippen LogP contribution is -2.13. The van der Waals surface area contributed by atoms with Gasteiger partial charge in [-0.2, -0.15) is 0 Å². The zero-order chi connectivity index (χ0) is 35.7. The number of rotatable bonds is 11. The van der Waals surface area contributed by atoms with Gasteiger partial charge in [0.25, 0.3) is 0 Å². The second-order valence-corrected chi connectivity index (χ2v) is 11.9. The van der Waals surface area contributed by atoms with Crippen LogP contribution in [0.25, 0.3) is 0 Å². The van der Waals surface area contributed by atoms with E-state index in [4.69, 9.17) is 14.2 Å². The van der Waals surface area contributed by atoms with E-state index in [0.717, 1.165) is 45.4 Å². The third kappa shape index (κ3) is 8.85. The first-order chi connectivity index (χ1) is 24.7. The Kier molecular flexibility index (Phi) is 10.5. The van der Waals surface area contributed by atoms with Gasteiger partial charge in [0.2, 0.25) is 0 Å². The largest absolute Gasteiger partial charge is 0.423 e. The molecule has 0 saturated heterocycles. The molecular formula is C44H35NO6. The summed E-state index contributed by atoms with van der Waals surface area (Å²) in [6, 6.07) is 44.5. The minimum atomic E-state index is -0.505. The average Bonchev–Trinajstić information content (AvgIpc) is 3.15. The van der Waals surface area contributed by atoms with E-state index in [1.807, 2.05) is 104 Å². The maximum absolute atomic E-state index is 13.1. The molecule has 0 atom stereocenters. The van der Waals surface area contributed by atoms with Gasteiger partial charge in [-0.25, -0.2) is 14.4 Å². The van der Waals surface area contributed by atoms with Gasteiger partial charge in [0.15, 0.2) is 0 Å². The predicted octanol–water partition coefficient (Wildman–Crippen LogP) is 9.89. The number of carbonyl (C=O) groups is 3. The Morgan fingerprint density at radius 3 is 1.22 bits per heavy atom. The Bertz CT molecular complexity index is 2140. The Labute approximate surface area is 297 Å². The molecule has 0 unspecified atom stereocenters. The molecule has 0 aliphatic heterocycles. The standard InChI is InChI=1S/C44H35NO6/c1-4-42(46)49-39-25-9-32(10-26-39)29-33-11-27-41(28-12-33)51-44(48)35-15-21-38(22-16-35)45(36-17-5-30(2)6-18-36)37-19-13-34(14-20-37)43(47)50-40-23-7-31(3)8-24-40/h4-28H,1,29H2,2-3H3. The fourth-order valence-corrected chi connectivity index (χ4v) is 5.32. The number of aryl methyl sites for hydroxylation is 2. The van der Waals surface area contributed by atoms with Crippen molar-refractivity contribution in [3.63, 3.8) is 0 Å². The molecule has 0 bridgehead atoms. The summed E-state index contributed by atoms with van der Waals surface area (Å²) in [4.78, 5) is 39.4. The predicted molar refractivity (Wildman–Crippen MR) is 198 cm³/mol. The summed E-state index contributed by atoms with van der Waals surface area (Å²) in [5, 5.41) is 0. The van der Waals surface area contributed by atoms with E-state index in [9.17, 15) is 14.4 Å². The highest BCUT2D eigenvalue weighted by molar-refractivity contribution is 5.93. The Balaban J connectivity index is 1.13. The van der Waals surface area contributed by atoms with Gasteiger partial charge in [0.05, 0.1) is 11.1 Å². The third-order valence-electron chi connectivity index (χ3n) is 8.10. The molecule has 6 aromatic carbocycles. The number of benzene rings is 6. The molecule has 252 valence electrons. The first-order valence-corrected chi connectivity index (χ1v) is 16.3. The maximum Gasteiger partial charge on any atom is 0.343 e. The summed E-state index contributed by atoms with van der Waals surface area (Å²) in [5.41, 5.74) is 7.67. The normalized spacial score (nSPS) is 10.5. The van der Waals surface area contributed by atoms with Crippen molar-refractivity contribution >= 4 is 35.0 Å². The number of anilines is 3. The fraction of sp³-hybridized carbons (Fsp3) is 0.0682. The molecule has 6 rings (SSSR count). The summed E-state index contributed by atoms with van der Waals surface area (Å²) < 4.78 is 16.4. The van der Waals surface area contributed by atoms with Crippen molar-refractivity contribution in [2.45, 2.75) is 20.3 Å². The van der Waals surface area contributed by atoms with Gasteiger partial charge >= 0.3 is 17.9 Å². The van der Waals surface area contributed by atoms with E-state index >= 15 is 0 Å². The van der Waals surface area contributed by atoms with Crippen molar-refractivity contribution in [3.05, 3.63) is 192 Å². The number of nitrogens with zero attached hydrogens (tertiary/aromatic N) is 1. The molecule has 0 aliphatic rings. The minimum absolute atomic E-state index is 0.401. The number of carbonyl (C=O) groups excluding carboxylic acids is 3. The highest BCUT2D eigenvalue weighted by Crippen LogP contribution is 2.35. The summed E-state index contributed by atoms with van der Waals surface area (Å²) in [5.74, 6) is -0.0475. The van der Waals surface area contributed by atoms with E-state index < -0.39 is 17.9 Å². The second-order valence-electron chi connectivity index (χ2n) is 11.9. The van der Waals surface area contributed by atoms with Crippen LogP contribution in [0.5, 0.6) is 17.2 Å². The van der Waals surface area contributed by atoms with E-state index in [1.54, 1.807) is 60.7 Å². The van der Waals surface area contributed by atoms with Gasteiger partial charge in [0, 0.05) is 23.1 Å². The van der Waals surface area contributed by atoms with E-state index in [0.29, 0.717) is 34.8 Å². The van der Waals surface area contributed by atoms with Crippen LogP contribution in [0.2, 0.25) is 0 Å². The van der Waals surface area contributed by atoms with Crippen LogP contribution in [0.3, 0.4) is 0 Å². The van der Waals surface area contributed by atoms with Crippen molar-refractivity contribution in [3.8, 4) is 17.2 Å². The number of hydrogen-bond donors (Lipinski definition) is 0. The van der Waals surface area contributed by atoms with Gasteiger partial charge in [0.1, 0.15) is 17.2 Å². The van der Waals surface area contributed by atoms with Crippen LogP contribution in [0.15, 0.2) is 158 Å². The quantitative estimate of drug-likeness (QED) is 0.0769. The zero-order valence-corrected chi connectivity index (χ0v) is 28.2.